The van der Waals surface area contributed by atoms with E-state index in [2.05, 4.69) is 4.98 Å². The number of nitro groups is 1. The first-order valence-electron chi connectivity index (χ1n) is 7.17. The van der Waals surface area contributed by atoms with Gasteiger partial charge < -0.3 is 10.0 Å². The molecule has 1 saturated heterocycles. The lowest BCUT2D eigenvalue weighted by molar-refractivity contribution is -0.385. The SMILES string of the molecule is Cc1nc(N(C)C2CCN(CC(=O)O)CC2)ccc1[N+](=O)[O-]. The Balaban J connectivity index is 2.01. The number of aromatic nitrogens is 1. The lowest BCUT2D eigenvalue weighted by atomic mass is 10.0. The quantitative estimate of drug-likeness (QED) is 0.646. The van der Waals surface area contributed by atoms with E-state index in [4.69, 9.17) is 5.11 Å². The topological polar surface area (TPSA) is 99.8 Å². The zero-order chi connectivity index (χ0) is 16.3. The van der Waals surface area contributed by atoms with Gasteiger partial charge in [0.1, 0.15) is 11.5 Å². The van der Waals surface area contributed by atoms with Gasteiger partial charge in [0.2, 0.25) is 0 Å². The van der Waals surface area contributed by atoms with E-state index in [9.17, 15) is 14.9 Å². The number of aryl methyl sites for hydroxylation is 1. The molecule has 0 unspecified atom stereocenters. The van der Waals surface area contributed by atoms with Crippen LogP contribution in [0.5, 0.6) is 0 Å². The number of rotatable bonds is 5. The molecule has 8 nitrogen and oxygen atoms in total. The summed E-state index contributed by atoms with van der Waals surface area (Å²) in [5.74, 6) is -0.0979. The van der Waals surface area contributed by atoms with E-state index in [1.807, 2.05) is 16.8 Å². The minimum Gasteiger partial charge on any atom is -0.480 e. The highest BCUT2D eigenvalue weighted by Gasteiger charge is 2.25. The molecule has 1 fully saturated rings. The van der Waals surface area contributed by atoms with Crippen LogP contribution in [0.2, 0.25) is 0 Å². The second-order valence-corrected chi connectivity index (χ2v) is 5.54. The fraction of sp³-hybridized carbons (Fsp3) is 0.571. The van der Waals surface area contributed by atoms with Crippen molar-refractivity contribution >= 4 is 17.5 Å². The third-order valence-corrected chi connectivity index (χ3v) is 4.06. The van der Waals surface area contributed by atoms with Crippen molar-refractivity contribution in [3.63, 3.8) is 0 Å². The number of likely N-dealkylation sites (tertiary alicyclic amines) is 1. The number of hydrogen-bond acceptors (Lipinski definition) is 6. The van der Waals surface area contributed by atoms with Gasteiger partial charge in [-0.3, -0.25) is 19.8 Å². The molecule has 0 atom stereocenters. The average Bonchev–Trinajstić information content (AvgIpc) is 2.46. The summed E-state index contributed by atoms with van der Waals surface area (Å²) in [5, 5.41) is 19.6. The van der Waals surface area contributed by atoms with Gasteiger partial charge in [0.05, 0.1) is 11.5 Å². The van der Waals surface area contributed by atoms with Crippen LogP contribution in [0, 0.1) is 17.0 Å². The number of carbonyl (C=O) groups is 1. The molecule has 0 bridgehead atoms. The molecule has 0 aliphatic carbocycles. The first kappa shape index (κ1) is 16.2. The molecule has 1 N–H and O–H groups in total. The minimum atomic E-state index is -0.806. The van der Waals surface area contributed by atoms with E-state index in [0.29, 0.717) is 11.5 Å². The summed E-state index contributed by atoms with van der Waals surface area (Å²) in [5.41, 5.74) is 0.422. The van der Waals surface area contributed by atoms with Gasteiger partial charge in [0, 0.05) is 32.2 Å². The van der Waals surface area contributed by atoms with Crippen molar-refractivity contribution in [2.75, 3.05) is 31.6 Å². The molecule has 1 aromatic rings. The molecule has 0 aromatic carbocycles. The number of carboxylic acids is 1. The van der Waals surface area contributed by atoms with Crippen LogP contribution in [-0.2, 0) is 4.79 Å². The molecule has 1 aromatic heterocycles. The highest BCUT2D eigenvalue weighted by Crippen LogP contribution is 2.24. The Morgan fingerprint density at radius 2 is 2.14 bits per heavy atom. The van der Waals surface area contributed by atoms with Crippen LogP contribution >= 0.6 is 0 Å². The lowest BCUT2D eigenvalue weighted by Crippen LogP contribution is -2.45. The summed E-state index contributed by atoms with van der Waals surface area (Å²) in [6, 6.07) is 3.40. The Bertz CT molecular complexity index is 570. The molecule has 2 heterocycles. The number of nitrogens with zero attached hydrogens (tertiary/aromatic N) is 4. The third kappa shape index (κ3) is 3.70. The Kier molecular flexibility index (Phi) is 4.92. The number of piperidine rings is 1. The van der Waals surface area contributed by atoms with Crippen molar-refractivity contribution in [3.05, 3.63) is 27.9 Å². The van der Waals surface area contributed by atoms with E-state index in [0.717, 1.165) is 25.9 Å². The highest BCUT2D eigenvalue weighted by atomic mass is 16.6. The van der Waals surface area contributed by atoms with Gasteiger partial charge in [-0.1, -0.05) is 0 Å². The van der Waals surface area contributed by atoms with Gasteiger partial charge in [-0.15, -0.1) is 0 Å². The molecular weight excluding hydrogens is 288 g/mol. The summed E-state index contributed by atoms with van der Waals surface area (Å²) >= 11 is 0. The van der Waals surface area contributed by atoms with Crippen molar-refractivity contribution in [1.29, 1.82) is 0 Å². The van der Waals surface area contributed by atoms with Crippen molar-refractivity contribution < 1.29 is 14.8 Å². The fourth-order valence-electron chi connectivity index (χ4n) is 2.77. The number of hydrogen-bond donors (Lipinski definition) is 1. The first-order chi connectivity index (χ1) is 10.4. The second kappa shape index (κ2) is 6.69. The Hall–Kier alpha value is -2.22. The molecule has 0 spiro atoms. The molecule has 0 saturated carbocycles. The van der Waals surface area contributed by atoms with E-state index >= 15 is 0 Å². The zero-order valence-corrected chi connectivity index (χ0v) is 12.7. The van der Waals surface area contributed by atoms with Crippen molar-refractivity contribution in [2.45, 2.75) is 25.8 Å². The van der Waals surface area contributed by atoms with Crippen molar-refractivity contribution in [2.24, 2.45) is 0 Å². The molecule has 2 rings (SSSR count). The predicted molar refractivity (Wildman–Crippen MR) is 81.1 cm³/mol. The number of carboxylic acid groups (broad SMARTS) is 1. The summed E-state index contributed by atoms with van der Waals surface area (Å²) in [6.45, 7) is 3.16. The van der Waals surface area contributed by atoms with Crippen LogP contribution in [0.3, 0.4) is 0 Å². The number of pyridine rings is 1. The Morgan fingerprint density at radius 1 is 1.50 bits per heavy atom. The third-order valence-electron chi connectivity index (χ3n) is 4.06. The van der Waals surface area contributed by atoms with Crippen molar-refractivity contribution in [3.8, 4) is 0 Å². The molecule has 8 heteroatoms. The van der Waals surface area contributed by atoms with Gasteiger partial charge in [-0.2, -0.15) is 0 Å². The van der Waals surface area contributed by atoms with Crippen LogP contribution in [0.15, 0.2) is 12.1 Å². The number of aliphatic carboxylic acids is 1. The smallest absolute Gasteiger partial charge is 0.317 e. The van der Waals surface area contributed by atoms with Crippen LogP contribution in [-0.4, -0.2) is 58.6 Å². The van der Waals surface area contributed by atoms with E-state index in [1.54, 1.807) is 13.0 Å². The van der Waals surface area contributed by atoms with Crippen LogP contribution in [0.1, 0.15) is 18.5 Å². The summed E-state index contributed by atoms with van der Waals surface area (Å²) < 4.78 is 0. The van der Waals surface area contributed by atoms with E-state index in [1.165, 1.54) is 6.07 Å². The maximum Gasteiger partial charge on any atom is 0.317 e. The van der Waals surface area contributed by atoms with E-state index < -0.39 is 10.9 Å². The maximum absolute atomic E-state index is 10.8. The van der Waals surface area contributed by atoms with Gasteiger partial charge in [0.25, 0.3) is 5.69 Å². The highest BCUT2D eigenvalue weighted by molar-refractivity contribution is 5.69. The van der Waals surface area contributed by atoms with Crippen LogP contribution in [0.25, 0.3) is 0 Å². The molecule has 120 valence electrons. The predicted octanol–water partition coefficient (Wildman–Crippen LogP) is 1.28. The summed E-state index contributed by atoms with van der Waals surface area (Å²) in [6.07, 6.45) is 1.70. The molecule has 0 radical (unpaired) electrons. The molecule has 1 aliphatic heterocycles. The Labute approximate surface area is 128 Å². The Morgan fingerprint density at radius 3 is 2.64 bits per heavy atom. The maximum atomic E-state index is 10.8. The standard InChI is InChI=1S/C14H20N4O4/c1-10-12(18(21)22)3-4-13(15-10)16(2)11-5-7-17(8-6-11)9-14(19)20/h3-4,11H,5-9H2,1-2H3,(H,19,20). The van der Waals surface area contributed by atoms with Gasteiger partial charge in [0.15, 0.2) is 0 Å². The molecule has 0 amide bonds. The second-order valence-electron chi connectivity index (χ2n) is 5.54. The first-order valence-corrected chi connectivity index (χ1v) is 7.17. The molecule has 1 aliphatic rings. The minimum absolute atomic E-state index is 0.0217. The normalized spacial score (nSPS) is 16.5. The van der Waals surface area contributed by atoms with Gasteiger partial charge in [-0.25, -0.2) is 4.98 Å². The molecular formula is C14H20N4O4. The zero-order valence-electron chi connectivity index (χ0n) is 12.7. The fourth-order valence-corrected chi connectivity index (χ4v) is 2.77. The number of anilines is 1. The average molecular weight is 308 g/mol. The monoisotopic (exact) mass is 308 g/mol. The lowest BCUT2D eigenvalue weighted by Gasteiger charge is -2.36. The van der Waals surface area contributed by atoms with Gasteiger partial charge in [-0.05, 0) is 25.8 Å². The molecule has 22 heavy (non-hydrogen) atoms. The summed E-state index contributed by atoms with van der Waals surface area (Å²) in [4.78, 5) is 29.4. The van der Waals surface area contributed by atoms with Crippen molar-refractivity contribution in [1.82, 2.24) is 9.88 Å². The van der Waals surface area contributed by atoms with Crippen LogP contribution < -0.4 is 4.90 Å². The van der Waals surface area contributed by atoms with E-state index in [-0.39, 0.29) is 18.3 Å². The largest absolute Gasteiger partial charge is 0.480 e. The summed E-state index contributed by atoms with van der Waals surface area (Å²) in [7, 11) is 1.92. The van der Waals surface area contributed by atoms with Gasteiger partial charge >= 0.3 is 5.97 Å². The van der Waals surface area contributed by atoms with Crippen LogP contribution in [0.4, 0.5) is 11.5 Å².